The molecule has 1 aromatic heterocycles. The molecule has 5 heteroatoms. The second-order valence-electron chi connectivity index (χ2n) is 4.89. The van der Waals surface area contributed by atoms with E-state index in [9.17, 15) is 0 Å². The van der Waals surface area contributed by atoms with Crippen molar-refractivity contribution in [3.63, 3.8) is 0 Å². The Bertz CT molecular complexity index is 633. The first-order chi connectivity index (χ1) is 9.72. The minimum Gasteiger partial charge on any atom is -0.493 e. The van der Waals surface area contributed by atoms with E-state index < -0.39 is 0 Å². The highest BCUT2D eigenvalue weighted by molar-refractivity contribution is 9.09. The van der Waals surface area contributed by atoms with E-state index in [0.717, 1.165) is 47.6 Å². The first kappa shape index (κ1) is 13.5. The van der Waals surface area contributed by atoms with Crippen LogP contribution >= 0.6 is 15.9 Å². The molecule has 1 unspecified atom stereocenters. The number of halogens is 1. The maximum Gasteiger partial charge on any atom is 0.161 e. The summed E-state index contributed by atoms with van der Waals surface area (Å²) in [5.74, 6) is 2.51. The summed E-state index contributed by atoms with van der Waals surface area (Å²) in [7, 11) is 3.31. The van der Waals surface area contributed by atoms with E-state index in [1.165, 1.54) is 0 Å². The number of fused-ring (bicyclic) bond motifs is 1. The van der Waals surface area contributed by atoms with Crippen LogP contribution in [0.3, 0.4) is 0 Å². The van der Waals surface area contributed by atoms with Crippen molar-refractivity contribution in [2.75, 3.05) is 32.2 Å². The number of aromatic nitrogens is 1. The fourth-order valence-electron chi connectivity index (χ4n) is 2.65. The van der Waals surface area contributed by atoms with Gasteiger partial charge in [-0.3, -0.25) is 0 Å². The Kier molecular flexibility index (Phi) is 3.70. The SMILES string of the molecule is COc1cc2ccnc(N3CCC(Br)C3)c2cc1OC. The van der Waals surface area contributed by atoms with Crippen LogP contribution in [0.15, 0.2) is 24.4 Å². The summed E-state index contributed by atoms with van der Waals surface area (Å²) in [6, 6.07) is 6.02. The smallest absolute Gasteiger partial charge is 0.161 e. The normalized spacial score (nSPS) is 18.6. The van der Waals surface area contributed by atoms with E-state index in [0.29, 0.717) is 4.83 Å². The van der Waals surface area contributed by atoms with Gasteiger partial charge in [0.25, 0.3) is 0 Å². The van der Waals surface area contributed by atoms with Crippen molar-refractivity contribution in [1.29, 1.82) is 0 Å². The average molecular weight is 337 g/mol. The molecule has 0 aliphatic carbocycles. The van der Waals surface area contributed by atoms with Crippen molar-refractivity contribution in [3.05, 3.63) is 24.4 Å². The molecule has 0 bridgehead atoms. The molecule has 3 rings (SSSR count). The highest BCUT2D eigenvalue weighted by Crippen LogP contribution is 2.36. The molecule has 1 fully saturated rings. The Balaban J connectivity index is 2.13. The Hall–Kier alpha value is -1.49. The molecule has 0 saturated carbocycles. The van der Waals surface area contributed by atoms with Crippen molar-refractivity contribution < 1.29 is 9.47 Å². The third-order valence-electron chi connectivity index (χ3n) is 3.68. The molecular formula is C15H17BrN2O2. The third kappa shape index (κ3) is 2.30. The third-order valence-corrected chi connectivity index (χ3v) is 4.43. The van der Waals surface area contributed by atoms with Gasteiger partial charge < -0.3 is 14.4 Å². The Morgan fingerprint density at radius 1 is 1.25 bits per heavy atom. The molecule has 20 heavy (non-hydrogen) atoms. The van der Waals surface area contributed by atoms with Gasteiger partial charge in [0.15, 0.2) is 11.5 Å². The summed E-state index contributed by atoms with van der Waals surface area (Å²) in [6.45, 7) is 2.01. The lowest BCUT2D eigenvalue weighted by Crippen LogP contribution is -2.21. The minimum absolute atomic E-state index is 0.541. The van der Waals surface area contributed by atoms with Crippen molar-refractivity contribution in [3.8, 4) is 11.5 Å². The molecule has 4 nitrogen and oxygen atoms in total. The number of nitrogens with zero attached hydrogens (tertiary/aromatic N) is 2. The summed E-state index contributed by atoms with van der Waals surface area (Å²) in [5.41, 5.74) is 0. The van der Waals surface area contributed by atoms with Gasteiger partial charge in [-0.05, 0) is 30.0 Å². The van der Waals surface area contributed by atoms with Gasteiger partial charge in [-0.25, -0.2) is 4.98 Å². The standard InChI is InChI=1S/C15H17BrN2O2/c1-19-13-7-10-3-5-17-15(12(10)8-14(13)20-2)18-6-4-11(16)9-18/h3,5,7-8,11H,4,6,9H2,1-2H3. The van der Waals surface area contributed by atoms with Crippen LogP contribution < -0.4 is 14.4 Å². The van der Waals surface area contributed by atoms with E-state index in [4.69, 9.17) is 9.47 Å². The summed E-state index contributed by atoms with van der Waals surface area (Å²) < 4.78 is 10.8. The molecular weight excluding hydrogens is 320 g/mol. The molecule has 1 aliphatic rings. The summed E-state index contributed by atoms with van der Waals surface area (Å²) in [6.07, 6.45) is 3.00. The van der Waals surface area contributed by atoms with Gasteiger partial charge in [0.2, 0.25) is 0 Å². The van der Waals surface area contributed by atoms with Crippen molar-refractivity contribution >= 4 is 32.5 Å². The maximum atomic E-state index is 5.40. The molecule has 0 amide bonds. The van der Waals surface area contributed by atoms with Crippen LogP contribution in [0.5, 0.6) is 11.5 Å². The first-order valence-corrected chi connectivity index (χ1v) is 7.54. The number of hydrogen-bond donors (Lipinski definition) is 0. The molecule has 0 spiro atoms. The largest absolute Gasteiger partial charge is 0.493 e. The summed E-state index contributed by atoms with van der Waals surface area (Å²) in [4.78, 5) is 7.42. The van der Waals surface area contributed by atoms with Crippen LogP contribution in [0.1, 0.15) is 6.42 Å². The molecule has 1 aromatic carbocycles. The predicted octanol–water partition coefficient (Wildman–Crippen LogP) is 3.23. The first-order valence-electron chi connectivity index (χ1n) is 6.62. The van der Waals surface area contributed by atoms with Crippen LogP contribution in [0.4, 0.5) is 5.82 Å². The van der Waals surface area contributed by atoms with Gasteiger partial charge >= 0.3 is 0 Å². The quantitative estimate of drug-likeness (QED) is 0.806. The molecule has 2 aromatic rings. The average Bonchev–Trinajstić information content (AvgIpc) is 2.91. The van der Waals surface area contributed by atoms with E-state index in [1.54, 1.807) is 14.2 Å². The molecule has 1 saturated heterocycles. The van der Waals surface area contributed by atoms with Crippen molar-refractivity contribution in [2.45, 2.75) is 11.2 Å². The lowest BCUT2D eigenvalue weighted by Gasteiger charge is -2.19. The molecule has 1 aliphatic heterocycles. The molecule has 2 heterocycles. The van der Waals surface area contributed by atoms with E-state index in [1.807, 2.05) is 24.4 Å². The number of methoxy groups -OCH3 is 2. The lowest BCUT2D eigenvalue weighted by molar-refractivity contribution is 0.356. The Labute approximate surface area is 126 Å². The van der Waals surface area contributed by atoms with E-state index in [-0.39, 0.29) is 0 Å². The van der Waals surface area contributed by atoms with Crippen LogP contribution in [0.2, 0.25) is 0 Å². The lowest BCUT2D eigenvalue weighted by atomic mass is 10.1. The number of anilines is 1. The molecule has 0 N–H and O–H groups in total. The second kappa shape index (κ2) is 5.48. The molecule has 0 radical (unpaired) electrons. The molecule has 1 atom stereocenters. The Morgan fingerprint density at radius 3 is 2.65 bits per heavy atom. The zero-order chi connectivity index (χ0) is 14.1. The topological polar surface area (TPSA) is 34.6 Å². The van der Waals surface area contributed by atoms with E-state index >= 15 is 0 Å². The number of benzene rings is 1. The van der Waals surface area contributed by atoms with Crippen molar-refractivity contribution in [1.82, 2.24) is 4.98 Å². The van der Waals surface area contributed by atoms with Crippen LogP contribution in [-0.2, 0) is 0 Å². The summed E-state index contributed by atoms with van der Waals surface area (Å²) in [5, 5.41) is 2.22. The second-order valence-corrected chi connectivity index (χ2v) is 6.19. The van der Waals surface area contributed by atoms with Crippen molar-refractivity contribution in [2.24, 2.45) is 0 Å². The highest BCUT2D eigenvalue weighted by atomic mass is 79.9. The number of ether oxygens (including phenoxy) is 2. The van der Waals surface area contributed by atoms with Crippen LogP contribution in [0, 0.1) is 0 Å². The van der Waals surface area contributed by atoms with Crippen LogP contribution in [0.25, 0.3) is 10.8 Å². The van der Waals surface area contributed by atoms with Crippen LogP contribution in [-0.4, -0.2) is 37.1 Å². The zero-order valence-electron chi connectivity index (χ0n) is 11.6. The zero-order valence-corrected chi connectivity index (χ0v) is 13.2. The van der Waals surface area contributed by atoms with Gasteiger partial charge in [-0.15, -0.1) is 0 Å². The number of rotatable bonds is 3. The molecule has 106 valence electrons. The monoisotopic (exact) mass is 336 g/mol. The fraction of sp³-hybridized carbons (Fsp3) is 0.400. The Morgan fingerprint density at radius 2 is 2.00 bits per heavy atom. The predicted molar refractivity (Wildman–Crippen MR) is 84.4 cm³/mol. The van der Waals surface area contributed by atoms with Gasteiger partial charge in [0.05, 0.1) is 14.2 Å². The van der Waals surface area contributed by atoms with Gasteiger partial charge in [-0.1, -0.05) is 15.9 Å². The number of hydrogen-bond acceptors (Lipinski definition) is 4. The minimum atomic E-state index is 0.541. The fourth-order valence-corrected chi connectivity index (χ4v) is 3.20. The van der Waals surface area contributed by atoms with Gasteiger partial charge in [-0.2, -0.15) is 0 Å². The van der Waals surface area contributed by atoms with E-state index in [2.05, 4.69) is 25.8 Å². The number of pyridine rings is 1. The summed E-state index contributed by atoms with van der Waals surface area (Å²) >= 11 is 3.68. The number of alkyl halides is 1. The maximum absolute atomic E-state index is 5.40. The van der Waals surface area contributed by atoms with Gasteiger partial charge in [0.1, 0.15) is 5.82 Å². The van der Waals surface area contributed by atoms with Gasteiger partial charge in [0, 0.05) is 29.5 Å². The highest BCUT2D eigenvalue weighted by Gasteiger charge is 2.23.